The van der Waals surface area contributed by atoms with Crippen LogP contribution in [-0.2, 0) is 18.4 Å². The van der Waals surface area contributed by atoms with Gasteiger partial charge in [0.05, 0.1) is 11.1 Å². The van der Waals surface area contributed by atoms with E-state index in [1.165, 1.54) is 6.07 Å². The molecule has 4 heterocycles. The Morgan fingerprint density at radius 2 is 1.80 bits per heavy atom. The number of halogens is 1. The fourth-order valence-electron chi connectivity index (χ4n) is 6.28. The van der Waals surface area contributed by atoms with Gasteiger partial charge in [0, 0.05) is 56.8 Å². The average Bonchev–Trinajstić information content (AvgIpc) is 3.34. The summed E-state index contributed by atoms with van der Waals surface area (Å²) < 4.78 is 29.1. The van der Waals surface area contributed by atoms with Crippen molar-refractivity contribution in [2.45, 2.75) is 52.2 Å². The molecule has 6 rings (SSSR count). The van der Waals surface area contributed by atoms with Gasteiger partial charge < -0.3 is 19.5 Å². The molecule has 0 radical (unpaired) electrons. The highest BCUT2D eigenvalue weighted by molar-refractivity contribution is 5.96. The number of fused-ring (bicyclic) bond motifs is 1. The number of amides is 1. The van der Waals surface area contributed by atoms with Crippen LogP contribution in [0.5, 0.6) is 11.8 Å². The molecule has 0 aliphatic carbocycles. The Balaban J connectivity index is 1.14. The first-order chi connectivity index (χ1) is 22.0. The van der Waals surface area contributed by atoms with Crippen molar-refractivity contribution in [2.75, 3.05) is 32.7 Å². The van der Waals surface area contributed by atoms with Gasteiger partial charge in [-0.25, -0.2) is 9.18 Å². The summed E-state index contributed by atoms with van der Waals surface area (Å²) >= 11 is 0. The minimum Gasteiger partial charge on any atom is -0.493 e. The van der Waals surface area contributed by atoms with Crippen molar-refractivity contribution >= 4 is 22.6 Å². The van der Waals surface area contributed by atoms with Crippen LogP contribution in [0.4, 0.5) is 9.18 Å². The highest BCUT2D eigenvalue weighted by Crippen LogP contribution is 2.37. The minimum absolute atomic E-state index is 0.162. The summed E-state index contributed by atoms with van der Waals surface area (Å²) in [6.45, 7) is 9.95. The Labute approximate surface area is 269 Å². The second-order valence-electron chi connectivity index (χ2n) is 13.3. The molecule has 242 valence electrons. The number of aromatic nitrogens is 3. The molecule has 1 N–H and O–H groups in total. The van der Waals surface area contributed by atoms with Crippen LogP contribution in [0, 0.1) is 11.7 Å². The van der Waals surface area contributed by atoms with Crippen molar-refractivity contribution in [3.63, 3.8) is 0 Å². The Hall–Kier alpha value is -4.44. The van der Waals surface area contributed by atoms with Crippen molar-refractivity contribution in [1.29, 1.82) is 0 Å². The first-order valence-electron chi connectivity index (χ1n) is 16.0. The fraction of sp³-hybridized carbons (Fsp3) is 0.417. The summed E-state index contributed by atoms with van der Waals surface area (Å²) in [5, 5.41) is 15.5. The van der Waals surface area contributed by atoms with Gasteiger partial charge in [0.1, 0.15) is 23.7 Å². The zero-order valence-corrected chi connectivity index (χ0v) is 27.0. The van der Waals surface area contributed by atoms with Crippen LogP contribution in [0.1, 0.15) is 51.2 Å². The van der Waals surface area contributed by atoms with Gasteiger partial charge >= 0.3 is 6.09 Å². The molecule has 1 amide bonds. The van der Waals surface area contributed by atoms with Crippen LogP contribution in [0.15, 0.2) is 60.7 Å². The third kappa shape index (κ3) is 7.17. The summed E-state index contributed by atoms with van der Waals surface area (Å²) in [6, 6.07) is 16.3. The molecule has 0 bridgehead atoms. The largest absolute Gasteiger partial charge is 0.493 e. The average molecular weight is 628 g/mol. The van der Waals surface area contributed by atoms with E-state index in [0.29, 0.717) is 41.2 Å². The monoisotopic (exact) mass is 627 g/mol. The smallest absolute Gasteiger partial charge is 0.410 e. The molecule has 46 heavy (non-hydrogen) atoms. The molecule has 2 aliphatic rings. The lowest BCUT2D eigenvalue weighted by Crippen LogP contribution is -2.44. The van der Waals surface area contributed by atoms with Crippen molar-refractivity contribution in [2.24, 2.45) is 13.0 Å². The molecule has 0 unspecified atom stereocenters. The van der Waals surface area contributed by atoms with E-state index >= 15 is 4.39 Å². The quantitative estimate of drug-likeness (QED) is 0.241. The summed E-state index contributed by atoms with van der Waals surface area (Å²) in [5.74, 6) is 0.295. The molecule has 9 nitrogen and oxygen atoms in total. The predicted octanol–water partition coefficient (Wildman–Crippen LogP) is 6.80. The molecular formula is C36H42FN5O4. The van der Waals surface area contributed by atoms with Gasteiger partial charge in [-0.1, -0.05) is 36.4 Å². The van der Waals surface area contributed by atoms with E-state index in [4.69, 9.17) is 14.6 Å². The molecule has 2 aromatic carbocycles. The molecule has 0 atom stereocenters. The van der Waals surface area contributed by atoms with Gasteiger partial charge in [-0.15, -0.1) is 0 Å². The van der Waals surface area contributed by atoms with E-state index in [1.807, 2.05) is 69.1 Å². The predicted molar refractivity (Wildman–Crippen MR) is 176 cm³/mol. The van der Waals surface area contributed by atoms with Gasteiger partial charge in [0.2, 0.25) is 11.8 Å². The zero-order chi connectivity index (χ0) is 32.4. The number of carbonyl (C=O) groups is 1. The maximum Gasteiger partial charge on any atom is 0.410 e. The van der Waals surface area contributed by atoms with Crippen LogP contribution < -0.4 is 4.74 Å². The number of hydrogen-bond acceptors (Lipinski definition) is 7. The molecule has 1 fully saturated rings. The topological polar surface area (TPSA) is 93.0 Å². The Morgan fingerprint density at radius 1 is 1.04 bits per heavy atom. The number of aryl methyl sites for hydroxylation is 1. The Bertz CT molecular complexity index is 1740. The number of pyridine rings is 1. The lowest BCUT2D eigenvalue weighted by atomic mass is 9.94. The third-order valence-electron chi connectivity index (χ3n) is 8.68. The van der Waals surface area contributed by atoms with Crippen molar-refractivity contribution in [3.05, 3.63) is 77.6 Å². The SMILES string of the molecule is Cn1nc(-c2ccc(O)nc2OCc2ccccc2)c2cc(F)c(C3=CCN(CC4CCN(C(=O)OC(C)(C)C)CC4)CC3)cc21. The fourth-order valence-corrected chi connectivity index (χ4v) is 6.28. The van der Waals surface area contributed by atoms with Gasteiger partial charge in [-0.05, 0) is 75.3 Å². The molecule has 4 aromatic rings. The van der Waals surface area contributed by atoms with Crippen LogP contribution in [0.3, 0.4) is 0 Å². The Morgan fingerprint density at radius 3 is 2.50 bits per heavy atom. The first-order valence-corrected chi connectivity index (χ1v) is 16.0. The van der Waals surface area contributed by atoms with Crippen molar-refractivity contribution in [1.82, 2.24) is 24.6 Å². The lowest BCUT2D eigenvalue weighted by Gasteiger charge is -2.36. The van der Waals surface area contributed by atoms with E-state index in [9.17, 15) is 9.90 Å². The molecular weight excluding hydrogens is 585 g/mol. The minimum atomic E-state index is -0.486. The van der Waals surface area contributed by atoms with Crippen LogP contribution in [-0.4, -0.2) is 74.1 Å². The summed E-state index contributed by atoms with van der Waals surface area (Å²) in [6.07, 6.45) is 4.57. The number of benzene rings is 2. The van der Waals surface area contributed by atoms with Gasteiger partial charge in [0.15, 0.2) is 0 Å². The second kappa shape index (κ2) is 13.1. The zero-order valence-electron chi connectivity index (χ0n) is 27.0. The highest BCUT2D eigenvalue weighted by Gasteiger charge is 2.28. The van der Waals surface area contributed by atoms with Gasteiger partial charge in [-0.2, -0.15) is 10.1 Å². The normalized spacial score (nSPS) is 16.5. The molecule has 1 saturated heterocycles. The number of likely N-dealkylation sites (tertiary alicyclic amines) is 1. The summed E-state index contributed by atoms with van der Waals surface area (Å²) in [7, 11) is 1.84. The second-order valence-corrected chi connectivity index (χ2v) is 13.3. The van der Waals surface area contributed by atoms with Gasteiger partial charge in [0.25, 0.3) is 0 Å². The number of nitrogens with zero attached hydrogens (tertiary/aromatic N) is 5. The highest BCUT2D eigenvalue weighted by atomic mass is 19.1. The standard InChI is InChI=1S/C36H42FN5O4/c1-36(2,3)46-35(44)42-18-12-24(13-19-42)22-41-16-14-26(15-17-41)28-21-31-29(20-30(28)37)33(39-40(31)4)27-10-11-32(43)38-34(27)45-23-25-8-6-5-7-9-25/h5-11,14,20-21,24H,12-13,15-19,22-23H2,1-4H3,(H,38,43). The van der Waals surface area contributed by atoms with E-state index in [2.05, 4.69) is 16.0 Å². The molecule has 2 aliphatic heterocycles. The maximum absolute atomic E-state index is 15.8. The molecule has 10 heteroatoms. The van der Waals surface area contributed by atoms with Crippen molar-refractivity contribution in [3.8, 4) is 23.0 Å². The Kier molecular flexibility index (Phi) is 8.99. The lowest BCUT2D eigenvalue weighted by molar-refractivity contribution is 0.0171. The number of piperidine rings is 1. The van der Waals surface area contributed by atoms with Crippen LogP contribution >= 0.6 is 0 Å². The van der Waals surface area contributed by atoms with E-state index in [-0.39, 0.29) is 30.3 Å². The number of rotatable bonds is 7. The van der Waals surface area contributed by atoms with Crippen LogP contribution in [0.2, 0.25) is 0 Å². The summed E-state index contributed by atoms with van der Waals surface area (Å²) in [5.41, 5.74) is 3.99. The van der Waals surface area contributed by atoms with E-state index in [1.54, 1.807) is 16.8 Å². The molecule has 0 spiro atoms. The number of aromatic hydroxyl groups is 1. The third-order valence-corrected chi connectivity index (χ3v) is 8.68. The first kappa shape index (κ1) is 31.5. The molecule has 0 saturated carbocycles. The number of hydrogen-bond donors (Lipinski definition) is 1. The number of carbonyl (C=O) groups excluding carboxylic acids is 1. The van der Waals surface area contributed by atoms with Crippen molar-refractivity contribution < 1.29 is 23.8 Å². The van der Waals surface area contributed by atoms with Gasteiger partial charge in [-0.3, -0.25) is 9.58 Å². The molecule has 2 aromatic heterocycles. The van der Waals surface area contributed by atoms with E-state index < -0.39 is 5.60 Å². The van der Waals surface area contributed by atoms with Crippen LogP contribution in [0.25, 0.3) is 27.7 Å². The summed E-state index contributed by atoms with van der Waals surface area (Å²) in [4.78, 5) is 20.9. The maximum atomic E-state index is 15.8. The number of ether oxygens (including phenoxy) is 2. The van der Waals surface area contributed by atoms with E-state index in [0.717, 1.165) is 55.5 Å².